The number of carbonyl (C=O) groups excluding carboxylic acids is 2. The SMILES string of the molecule is Nc1ncc(-c2ccc(CO)cc2)cc1C(=O)N[C@@H]1CCN(C(=O)Oc2cccc(-c3ccccc3)c2)C1. The van der Waals surface area contributed by atoms with E-state index in [4.69, 9.17) is 10.5 Å². The average molecular weight is 509 g/mol. The Morgan fingerprint density at radius 3 is 2.45 bits per heavy atom. The molecule has 0 radical (unpaired) electrons. The molecule has 0 unspecified atom stereocenters. The first-order valence-electron chi connectivity index (χ1n) is 12.4. The van der Waals surface area contributed by atoms with E-state index < -0.39 is 6.09 Å². The van der Waals surface area contributed by atoms with Gasteiger partial charge >= 0.3 is 6.09 Å². The summed E-state index contributed by atoms with van der Waals surface area (Å²) in [6.07, 6.45) is 1.75. The van der Waals surface area contributed by atoms with Crippen LogP contribution in [0.2, 0.25) is 0 Å². The molecule has 0 bridgehead atoms. The summed E-state index contributed by atoms with van der Waals surface area (Å²) >= 11 is 0. The summed E-state index contributed by atoms with van der Waals surface area (Å²) in [5.41, 5.74) is 10.7. The third kappa shape index (κ3) is 5.66. The molecule has 1 aliphatic rings. The summed E-state index contributed by atoms with van der Waals surface area (Å²) in [4.78, 5) is 31.6. The molecule has 2 amide bonds. The largest absolute Gasteiger partial charge is 0.415 e. The number of carbonyl (C=O) groups is 2. The summed E-state index contributed by atoms with van der Waals surface area (Å²) in [5, 5.41) is 12.2. The number of anilines is 1. The van der Waals surface area contributed by atoms with Crippen molar-refractivity contribution in [2.24, 2.45) is 0 Å². The number of aromatic nitrogens is 1. The molecule has 8 heteroatoms. The zero-order valence-corrected chi connectivity index (χ0v) is 20.7. The number of likely N-dealkylation sites (tertiary alicyclic amines) is 1. The van der Waals surface area contributed by atoms with Crippen LogP contribution >= 0.6 is 0 Å². The lowest BCUT2D eigenvalue weighted by atomic mass is 10.0. The fourth-order valence-electron chi connectivity index (χ4n) is 4.46. The van der Waals surface area contributed by atoms with Crippen LogP contribution in [0, 0.1) is 0 Å². The number of nitrogen functional groups attached to an aromatic ring is 1. The lowest BCUT2D eigenvalue weighted by Crippen LogP contribution is -2.39. The van der Waals surface area contributed by atoms with Crippen molar-refractivity contribution < 1.29 is 19.4 Å². The van der Waals surface area contributed by atoms with Crippen molar-refractivity contribution in [2.75, 3.05) is 18.8 Å². The average Bonchev–Trinajstić information content (AvgIpc) is 3.42. The highest BCUT2D eigenvalue weighted by atomic mass is 16.6. The Labute approximate surface area is 220 Å². The van der Waals surface area contributed by atoms with Gasteiger partial charge in [0.2, 0.25) is 0 Å². The van der Waals surface area contributed by atoms with Crippen molar-refractivity contribution in [3.63, 3.8) is 0 Å². The van der Waals surface area contributed by atoms with Gasteiger partial charge in [0.25, 0.3) is 5.91 Å². The molecule has 4 aromatic rings. The normalized spacial score (nSPS) is 14.8. The molecule has 5 rings (SSSR count). The molecule has 4 N–H and O–H groups in total. The molecule has 3 aromatic carbocycles. The van der Waals surface area contributed by atoms with Crippen LogP contribution in [0.4, 0.5) is 10.6 Å². The van der Waals surface area contributed by atoms with Gasteiger partial charge in [-0.05, 0) is 46.9 Å². The monoisotopic (exact) mass is 508 g/mol. The molecule has 0 aliphatic carbocycles. The van der Waals surface area contributed by atoms with Crippen molar-refractivity contribution >= 4 is 17.8 Å². The van der Waals surface area contributed by atoms with Crippen LogP contribution in [0.3, 0.4) is 0 Å². The first kappa shape index (κ1) is 25.0. The van der Waals surface area contributed by atoms with E-state index in [9.17, 15) is 14.7 Å². The van der Waals surface area contributed by atoms with Gasteiger partial charge in [-0.2, -0.15) is 0 Å². The van der Waals surface area contributed by atoms with Crippen molar-refractivity contribution in [2.45, 2.75) is 19.1 Å². The van der Waals surface area contributed by atoms with Crippen LogP contribution in [-0.2, 0) is 6.61 Å². The predicted octanol–water partition coefficient (Wildman–Crippen LogP) is 4.49. The maximum atomic E-state index is 13.0. The molecular formula is C30H28N4O4. The summed E-state index contributed by atoms with van der Waals surface area (Å²) in [6, 6.07) is 26.1. The predicted molar refractivity (Wildman–Crippen MR) is 145 cm³/mol. The molecule has 38 heavy (non-hydrogen) atoms. The van der Waals surface area contributed by atoms with Gasteiger partial charge in [0.05, 0.1) is 12.2 Å². The van der Waals surface area contributed by atoms with Crippen LogP contribution in [0.5, 0.6) is 5.75 Å². The Morgan fingerprint density at radius 2 is 1.68 bits per heavy atom. The highest BCUT2D eigenvalue weighted by Crippen LogP contribution is 2.25. The van der Waals surface area contributed by atoms with E-state index in [-0.39, 0.29) is 29.9 Å². The highest BCUT2D eigenvalue weighted by Gasteiger charge is 2.29. The maximum absolute atomic E-state index is 13.0. The summed E-state index contributed by atoms with van der Waals surface area (Å²) < 4.78 is 5.63. The molecular weight excluding hydrogens is 480 g/mol. The molecule has 8 nitrogen and oxygen atoms in total. The van der Waals surface area contributed by atoms with Gasteiger partial charge in [-0.15, -0.1) is 0 Å². The van der Waals surface area contributed by atoms with Gasteiger partial charge in [-0.25, -0.2) is 9.78 Å². The van der Waals surface area contributed by atoms with Crippen LogP contribution in [0.1, 0.15) is 22.3 Å². The Morgan fingerprint density at radius 1 is 0.947 bits per heavy atom. The van der Waals surface area contributed by atoms with E-state index in [0.29, 0.717) is 25.3 Å². The maximum Gasteiger partial charge on any atom is 0.415 e. The van der Waals surface area contributed by atoms with Gasteiger partial charge in [0, 0.05) is 30.9 Å². The second-order valence-corrected chi connectivity index (χ2v) is 9.18. The number of aliphatic hydroxyl groups excluding tert-OH is 1. The van der Waals surface area contributed by atoms with Crippen LogP contribution in [0.15, 0.2) is 91.1 Å². The Balaban J connectivity index is 1.20. The minimum atomic E-state index is -0.457. The number of rotatable bonds is 6. The first-order valence-corrected chi connectivity index (χ1v) is 12.4. The molecule has 1 aromatic heterocycles. The lowest BCUT2D eigenvalue weighted by Gasteiger charge is -2.17. The van der Waals surface area contributed by atoms with E-state index >= 15 is 0 Å². The minimum Gasteiger partial charge on any atom is -0.410 e. The second-order valence-electron chi connectivity index (χ2n) is 9.18. The first-order chi connectivity index (χ1) is 18.5. The van der Waals surface area contributed by atoms with E-state index in [0.717, 1.165) is 27.8 Å². The van der Waals surface area contributed by atoms with E-state index in [1.165, 1.54) is 0 Å². The van der Waals surface area contributed by atoms with Crippen molar-refractivity contribution in [3.8, 4) is 28.0 Å². The Bertz CT molecular complexity index is 1440. The third-order valence-electron chi connectivity index (χ3n) is 6.56. The number of pyridine rings is 1. The van der Waals surface area contributed by atoms with Gasteiger partial charge in [0.1, 0.15) is 11.6 Å². The Kier molecular flexibility index (Phi) is 7.33. The number of hydrogen-bond donors (Lipinski definition) is 3. The molecule has 1 atom stereocenters. The quantitative estimate of drug-likeness (QED) is 0.353. The van der Waals surface area contributed by atoms with E-state index in [2.05, 4.69) is 10.3 Å². The molecule has 2 heterocycles. The number of nitrogens with zero attached hydrogens (tertiary/aromatic N) is 2. The molecule has 1 fully saturated rings. The van der Waals surface area contributed by atoms with Crippen molar-refractivity contribution in [1.29, 1.82) is 0 Å². The van der Waals surface area contributed by atoms with Crippen LogP contribution < -0.4 is 15.8 Å². The van der Waals surface area contributed by atoms with Crippen LogP contribution in [0.25, 0.3) is 22.3 Å². The number of amides is 2. The number of aliphatic hydroxyl groups is 1. The number of hydrogen-bond acceptors (Lipinski definition) is 6. The zero-order chi connectivity index (χ0) is 26.5. The smallest absolute Gasteiger partial charge is 0.410 e. The fourth-order valence-corrected chi connectivity index (χ4v) is 4.46. The summed E-state index contributed by atoms with van der Waals surface area (Å²) in [6.45, 7) is 0.756. The number of benzene rings is 3. The fraction of sp³-hybridized carbons (Fsp3) is 0.167. The van der Waals surface area contributed by atoms with Crippen molar-refractivity contribution in [1.82, 2.24) is 15.2 Å². The molecule has 1 saturated heterocycles. The molecule has 1 aliphatic heterocycles. The van der Waals surface area contributed by atoms with Crippen molar-refractivity contribution in [3.05, 3.63) is 102 Å². The second kappa shape index (κ2) is 11.1. The van der Waals surface area contributed by atoms with Gasteiger partial charge in [-0.1, -0.05) is 66.7 Å². The molecule has 192 valence electrons. The molecule has 0 saturated carbocycles. The van der Waals surface area contributed by atoms with E-state index in [1.807, 2.05) is 72.8 Å². The Hall–Kier alpha value is -4.69. The highest BCUT2D eigenvalue weighted by molar-refractivity contribution is 5.99. The summed E-state index contributed by atoms with van der Waals surface area (Å²) in [5.74, 6) is 0.247. The standard InChI is InChI=1S/C30H28N4O4/c31-28-27(16-24(17-32-28)22-11-9-20(19-35)10-12-22)29(36)33-25-13-14-34(18-25)30(37)38-26-8-4-7-23(15-26)21-5-2-1-3-6-21/h1-12,15-17,25,35H,13-14,18-19H2,(H2,31,32)(H,33,36)/t25-/m1/s1. The van der Waals surface area contributed by atoms with Gasteiger partial charge in [0.15, 0.2) is 0 Å². The zero-order valence-electron chi connectivity index (χ0n) is 20.7. The number of nitrogens with one attached hydrogen (secondary N) is 1. The van der Waals surface area contributed by atoms with Gasteiger partial charge < -0.3 is 25.8 Å². The third-order valence-corrected chi connectivity index (χ3v) is 6.56. The molecule has 0 spiro atoms. The minimum absolute atomic E-state index is 0.0417. The summed E-state index contributed by atoms with van der Waals surface area (Å²) in [7, 11) is 0. The van der Waals surface area contributed by atoms with E-state index in [1.54, 1.807) is 23.2 Å². The number of ether oxygens (including phenoxy) is 1. The van der Waals surface area contributed by atoms with Gasteiger partial charge in [-0.3, -0.25) is 4.79 Å². The van der Waals surface area contributed by atoms with Crippen LogP contribution in [-0.4, -0.2) is 46.1 Å². The number of nitrogens with two attached hydrogens (primary N) is 1. The lowest BCUT2D eigenvalue weighted by molar-refractivity contribution is 0.0937. The topological polar surface area (TPSA) is 118 Å².